The first-order valence-electron chi connectivity index (χ1n) is 4.39. The maximum absolute atomic E-state index is 11.9. The number of halogens is 3. The third-order valence-electron chi connectivity index (χ3n) is 1.44. The second kappa shape index (κ2) is 6.44. The second-order valence-corrected chi connectivity index (χ2v) is 2.67. The lowest BCUT2D eigenvalue weighted by molar-refractivity contribution is -0.211. The van der Waals surface area contributed by atoms with E-state index in [2.05, 4.69) is 9.47 Å². The summed E-state index contributed by atoms with van der Waals surface area (Å²) in [6, 6.07) is 0. The van der Waals surface area contributed by atoms with Crippen LogP contribution in [0.2, 0.25) is 0 Å². The lowest BCUT2D eigenvalue weighted by Gasteiger charge is -2.14. The zero-order chi connectivity index (χ0) is 11.9. The third kappa shape index (κ3) is 6.96. The van der Waals surface area contributed by atoms with Gasteiger partial charge in [-0.25, -0.2) is 4.79 Å². The summed E-state index contributed by atoms with van der Waals surface area (Å²) in [6.45, 7) is 2.48. The fourth-order valence-corrected chi connectivity index (χ4v) is 0.629. The van der Waals surface area contributed by atoms with Gasteiger partial charge < -0.3 is 9.47 Å². The minimum atomic E-state index is -4.38. The van der Waals surface area contributed by atoms with E-state index >= 15 is 0 Å². The molecule has 0 aliphatic carbocycles. The zero-order valence-corrected chi connectivity index (χ0v) is 8.50. The van der Waals surface area contributed by atoms with Crippen LogP contribution in [0, 0.1) is 0 Å². The van der Waals surface area contributed by atoms with Gasteiger partial charge in [-0.1, -0.05) is 6.08 Å². The SMILES string of the molecule is CCOC(=O)/C=C/COC(C)C(F)(F)F. The molecule has 3 nitrogen and oxygen atoms in total. The number of alkyl halides is 3. The molecule has 88 valence electrons. The van der Waals surface area contributed by atoms with Crippen LogP contribution in [0.3, 0.4) is 0 Å². The molecule has 0 aromatic rings. The van der Waals surface area contributed by atoms with Crippen molar-refractivity contribution in [1.82, 2.24) is 0 Å². The summed E-state index contributed by atoms with van der Waals surface area (Å²) in [6.07, 6.45) is -4.01. The molecule has 0 saturated heterocycles. The van der Waals surface area contributed by atoms with Crippen LogP contribution in [0.4, 0.5) is 13.2 Å². The number of rotatable bonds is 5. The zero-order valence-electron chi connectivity index (χ0n) is 8.50. The van der Waals surface area contributed by atoms with Crippen molar-refractivity contribution in [2.24, 2.45) is 0 Å². The molecular weight excluding hydrogens is 213 g/mol. The molecule has 15 heavy (non-hydrogen) atoms. The van der Waals surface area contributed by atoms with E-state index in [1.807, 2.05) is 0 Å². The van der Waals surface area contributed by atoms with Gasteiger partial charge in [-0.05, 0) is 13.8 Å². The van der Waals surface area contributed by atoms with E-state index in [1.54, 1.807) is 6.92 Å². The number of hydrogen-bond acceptors (Lipinski definition) is 3. The van der Waals surface area contributed by atoms with Crippen molar-refractivity contribution in [2.75, 3.05) is 13.2 Å². The quantitative estimate of drug-likeness (QED) is 0.531. The molecule has 0 saturated carbocycles. The highest BCUT2D eigenvalue weighted by Crippen LogP contribution is 2.21. The van der Waals surface area contributed by atoms with Crippen molar-refractivity contribution in [3.05, 3.63) is 12.2 Å². The van der Waals surface area contributed by atoms with Crippen LogP contribution >= 0.6 is 0 Å². The lowest BCUT2D eigenvalue weighted by Crippen LogP contribution is -2.28. The van der Waals surface area contributed by atoms with Gasteiger partial charge in [-0.3, -0.25) is 0 Å². The molecule has 0 N–H and O–H groups in total. The molecule has 0 heterocycles. The van der Waals surface area contributed by atoms with Gasteiger partial charge in [0.2, 0.25) is 0 Å². The monoisotopic (exact) mass is 226 g/mol. The van der Waals surface area contributed by atoms with Gasteiger partial charge in [0, 0.05) is 6.08 Å². The summed E-state index contributed by atoms with van der Waals surface area (Å²) in [5, 5.41) is 0. The van der Waals surface area contributed by atoms with Gasteiger partial charge in [0.15, 0.2) is 6.10 Å². The molecule has 0 bridgehead atoms. The smallest absolute Gasteiger partial charge is 0.414 e. The number of carbonyl (C=O) groups excluding carboxylic acids is 1. The fourth-order valence-electron chi connectivity index (χ4n) is 0.629. The van der Waals surface area contributed by atoms with Crippen molar-refractivity contribution < 1.29 is 27.4 Å². The predicted molar refractivity (Wildman–Crippen MR) is 47.2 cm³/mol. The molecule has 0 aromatic heterocycles. The Bertz CT molecular complexity index is 223. The highest BCUT2D eigenvalue weighted by Gasteiger charge is 2.36. The van der Waals surface area contributed by atoms with Crippen LogP contribution in [-0.4, -0.2) is 31.5 Å². The summed E-state index contributed by atoms with van der Waals surface area (Å²) < 4.78 is 44.7. The minimum Gasteiger partial charge on any atom is -0.463 e. The Labute approximate surface area is 85.9 Å². The first-order chi connectivity index (χ1) is 6.88. The maximum atomic E-state index is 11.9. The molecule has 0 aliphatic rings. The summed E-state index contributed by atoms with van der Waals surface area (Å²) in [7, 11) is 0. The Morgan fingerprint density at radius 3 is 2.53 bits per heavy atom. The van der Waals surface area contributed by atoms with Crippen molar-refractivity contribution >= 4 is 5.97 Å². The number of ether oxygens (including phenoxy) is 2. The van der Waals surface area contributed by atoms with Gasteiger partial charge in [0.1, 0.15) is 0 Å². The first kappa shape index (κ1) is 14.0. The molecule has 0 spiro atoms. The first-order valence-corrected chi connectivity index (χ1v) is 4.39. The van der Waals surface area contributed by atoms with Crippen molar-refractivity contribution in [3.63, 3.8) is 0 Å². The Balaban J connectivity index is 3.75. The molecule has 1 atom stereocenters. The summed E-state index contributed by atoms with van der Waals surface area (Å²) in [5.41, 5.74) is 0. The Morgan fingerprint density at radius 1 is 1.47 bits per heavy atom. The number of esters is 1. The molecule has 0 aliphatic heterocycles. The van der Waals surface area contributed by atoms with E-state index in [-0.39, 0.29) is 13.2 Å². The Hall–Kier alpha value is -1.04. The topological polar surface area (TPSA) is 35.5 Å². The van der Waals surface area contributed by atoms with Crippen LogP contribution in [-0.2, 0) is 14.3 Å². The molecular formula is C9H13F3O3. The molecule has 1 unspecified atom stereocenters. The van der Waals surface area contributed by atoms with E-state index in [1.165, 1.54) is 6.08 Å². The third-order valence-corrected chi connectivity index (χ3v) is 1.44. The van der Waals surface area contributed by atoms with E-state index in [0.717, 1.165) is 13.0 Å². The maximum Gasteiger partial charge on any atom is 0.414 e. The summed E-state index contributed by atoms with van der Waals surface area (Å²) >= 11 is 0. The normalized spacial score (nSPS) is 14.2. The van der Waals surface area contributed by atoms with Crippen molar-refractivity contribution in [3.8, 4) is 0 Å². The van der Waals surface area contributed by atoms with Crippen molar-refractivity contribution in [1.29, 1.82) is 0 Å². The molecule has 0 fully saturated rings. The summed E-state index contributed by atoms with van der Waals surface area (Å²) in [4.78, 5) is 10.7. The van der Waals surface area contributed by atoms with E-state index in [0.29, 0.717) is 0 Å². The van der Waals surface area contributed by atoms with Gasteiger partial charge in [-0.15, -0.1) is 0 Å². The number of hydrogen-bond donors (Lipinski definition) is 0. The van der Waals surface area contributed by atoms with Gasteiger partial charge in [0.05, 0.1) is 13.2 Å². The fraction of sp³-hybridized carbons (Fsp3) is 0.667. The van der Waals surface area contributed by atoms with E-state index in [4.69, 9.17) is 0 Å². The van der Waals surface area contributed by atoms with E-state index in [9.17, 15) is 18.0 Å². The van der Waals surface area contributed by atoms with Crippen LogP contribution < -0.4 is 0 Å². The van der Waals surface area contributed by atoms with Crippen LogP contribution in [0.25, 0.3) is 0 Å². The predicted octanol–water partition coefficient (Wildman–Crippen LogP) is 2.07. The standard InChI is InChI=1S/C9H13F3O3/c1-3-14-8(13)5-4-6-15-7(2)9(10,11)12/h4-5,7H,3,6H2,1-2H3/b5-4+. The molecule has 0 radical (unpaired) electrons. The van der Waals surface area contributed by atoms with Gasteiger partial charge in [0.25, 0.3) is 0 Å². The Kier molecular flexibility index (Phi) is 6.00. The molecule has 0 rings (SSSR count). The molecule has 0 amide bonds. The summed E-state index contributed by atoms with van der Waals surface area (Å²) in [5.74, 6) is -0.597. The van der Waals surface area contributed by atoms with E-state index < -0.39 is 18.2 Å². The van der Waals surface area contributed by atoms with Crippen LogP contribution in [0.15, 0.2) is 12.2 Å². The highest BCUT2D eigenvalue weighted by molar-refractivity contribution is 5.81. The molecule has 0 aromatic carbocycles. The molecule has 6 heteroatoms. The van der Waals surface area contributed by atoms with Crippen LogP contribution in [0.5, 0.6) is 0 Å². The number of carbonyl (C=O) groups is 1. The lowest BCUT2D eigenvalue weighted by atomic mass is 10.4. The minimum absolute atomic E-state index is 0.225. The average Bonchev–Trinajstić information content (AvgIpc) is 2.11. The second-order valence-electron chi connectivity index (χ2n) is 2.67. The van der Waals surface area contributed by atoms with Gasteiger partial charge >= 0.3 is 12.1 Å². The van der Waals surface area contributed by atoms with Gasteiger partial charge in [-0.2, -0.15) is 13.2 Å². The van der Waals surface area contributed by atoms with Crippen molar-refractivity contribution in [2.45, 2.75) is 26.1 Å². The van der Waals surface area contributed by atoms with Crippen LogP contribution in [0.1, 0.15) is 13.8 Å². The average molecular weight is 226 g/mol. The largest absolute Gasteiger partial charge is 0.463 e. The Morgan fingerprint density at radius 2 is 2.07 bits per heavy atom. The highest BCUT2D eigenvalue weighted by atomic mass is 19.4.